The number of Topliss-reactive ketones (excluding diaryl/α,β-unsaturated/α-hetero) is 1. The lowest BCUT2D eigenvalue weighted by molar-refractivity contribution is 0.0733. The van der Waals surface area contributed by atoms with Crippen LogP contribution in [0, 0.1) is 6.92 Å². The number of esters is 1. The van der Waals surface area contributed by atoms with E-state index in [1.54, 1.807) is 43.3 Å². The van der Waals surface area contributed by atoms with E-state index in [1.807, 2.05) is 24.3 Å². The van der Waals surface area contributed by atoms with Gasteiger partial charge in [0.2, 0.25) is 5.78 Å². The highest BCUT2D eigenvalue weighted by molar-refractivity contribution is 6.15. The van der Waals surface area contributed by atoms with E-state index in [9.17, 15) is 9.59 Å². The first kappa shape index (κ1) is 22.1. The summed E-state index contributed by atoms with van der Waals surface area (Å²) in [6.07, 6.45) is 2.66. The maximum atomic E-state index is 12.9. The van der Waals surface area contributed by atoms with Gasteiger partial charge in [-0.1, -0.05) is 31.2 Å². The third kappa shape index (κ3) is 4.60. The second kappa shape index (κ2) is 9.20. The van der Waals surface area contributed by atoms with Crippen LogP contribution in [0.4, 0.5) is 0 Å². The number of fused-ring (bicyclic) bond motifs is 1. The van der Waals surface area contributed by atoms with Crippen molar-refractivity contribution in [1.82, 2.24) is 0 Å². The molecule has 1 aliphatic rings. The average Bonchev–Trinajstić information content (AvgIpc) is 3.14. The zero-order valence-corrected chi connectivity index (χ0v) is 18.9. The van der Waals surface area contributed by atoms with Gasteiger partial charge in [-0.2, -0.15) is 0 Å². The first-order valence-electron chi connectivity index (χ1n) is 10.5. The van der Waals surface area contributed by atoms with E-state index in [0.717, 1.165) is 12.0 Å². The van der Waals surface area contributed by atoms with Crippen LogP contribution < -0.4 is 18.9 Å². The zero-order chi connectivity index (χ0) is 23.5. The van der Waals surface area contributed by atoms with E-state index in [2.05, 4.69) is 6.92 Å². The molecular weight excluding hydrogens is 420 g/mol. The summed E-state index contributed by atoms with van der Waals surface area (Å²) in [5, 5.41) is 0. The minimum absolute atomic E-state index is 0.197. The van der Waals surface area contributed by atoms with Crippen LogP contribution in [-0.2, 0) is 6.42 Å². The summed E-state index contributed by atoms with van der Waals surface area (Å²) in [7, 11) is 3.01. The molecule has 1 aliphatic heterocycles. The molecule has 0 amide bonds. The number of methoxy groups -OCH3 is 2. The standard InChI is InChI=1S/C27H24O6/c1-5-17-6-8-18(9-7-17)11-24-26(28)25-16(2)10-22(15-23(25)33-24)32-27(29)19-12-20(30-3)14-21(13-19)31-4/h6-15H,5H2,1-4H3/b24-11-. The van der Waals surface area contributed by atoms with Gasteiger partial charge in [0.15, 0.2) is 5.76 Å². The van der Waals surface area contributed by atoms with Gasteiger partial charge in [0.1, 0.15) is 23.0 Å². The Bertz CT molecular complexity index is 1230. The largest absolute Gasteiger partial charge is 0.497 e. The average molecular weight is 444 g/mol. The molecule has 0 fully saturated rings. The second-order valence-corrected chi connectivity index (χ2v) is 7.64. The fourth-order valence-electron chi connectivity index (χ4n) is 3.63. The number of hydrogen-bond acceptors (Lipinski definition) is 6. The molecule has 0 saturated carbocycles. The maximum absolute atomic E-state index is 12.9. The molecule has 6 heteroatoms. The minimum atomic E-state index is -0.581. The number of ether oxygens (including phenoxy) is 4. The fourth-order valence-corrected chi connectivity index (χ4v) is 3.63. The molecule has 168 valence electrons. The Morgan fingerprint density at radius 2 is 1.61 bits per heavy atom. The lowest BCUT2D eigenvalue weighted by Gasteiger charge is -2.10. The molecule has 0 unspecified atom stereocenters. The summed E-state index contributed by atoms with van der Waals surface area (Å²) in [4.78, 5) is 25.6. The minimum Gasteiger partial charge on any atom is -0.497 e. The van der Waals surface area contributed by atoms with Crippen LogP contribution in [0.25, 0.3) is 6.08 Å². The van der Waals surface area contributed by atoms with Crippen molar-refractivity contribution in [3.63, 3.8) is 0 Å². The summed E-state index contributed by atoms with van der Waals surface area (Å²) in [6, 6.07) is 15.9. The molecule has 4 rings (SSSR count). The van der Waals surface area contributed by atoms with Gasteiger partial charge in [-0.3, -0.25) is 4.79 Å². The van der Waals surface area contributed by atoms with Crippen molar-refractivity contribution in [1.29, 1.82) is 0 Å². The molecule has 0 bridgehead atoms. The maximum Gasteiger partial charge on any atom is 0.343 e. The third-order valence-corrected chi connectivity index (χ3v) is 5.43. The van der Waals surface area contributed by atoms with Crippen LogP contribution in [0.2, 0.25) is 0 Å². The Kier molecular flexibility index (Phi) is 6.18. The van der Waals surface area contributed by atoms with Crippen LogP contribution >= 0.6 is 0 Å². The SMILES string of the molecule is CCc1ccc(/C=C2\Oc3cc(OC(=O)c4cc(OC)cc(OC)c4)cc(C)c3C2=O)cc1. The fraction of sp³-hybridized carbons (Fsp3) is 0.185. The van der Waals surface area contributed by atoms with Gasteiger partial charge < -0.3 is 18.9 Å². The molecule has 6 nitrogen and oxygen atoms in total. The first-order valence-corrected chi connectivity index (χ1v) is 10.5. The Balaban J connectivity index is 1.58. The summed E-state index contributed by atoms with van der Waals surface area (Å²) in [6.45, 7) is 3.87. The number of benzene rings is 3. The second-order valence-electron chi connectivity index (χ2n) is 7.64. The number of ketones is 1. The molecule has 3 aromatic carbocycles. The predicted molar refractivity (Wildman–Crippen MR) is 124 cm³/mol. The van der Waals surface area contributed by atoms with Crippen LogP contribution in [-0.4, -0.2) is 26.0 Å². The Morgan fingerprint density at radius 1 is 0.939 bits per heavy atom. The quantitative estimate of drug-likeness (QED) is 0.288. The van der Waals surface area contributed by atoms with Crippen LogP contribution in [0.15, 0.2) is 60.4 Å². The van der Waals surface area contributed by atoms with Gasteiger partial charge in [0, 0.05) is 12.1 Å². The summed E-state index contributed by atoms with van der Waals surface area (Å²) in [5.74, 6) is 1.05. The number of carbonyl (C=O) groups excluding carboxylic acids is 2. The van der Waals surface area contributed by atoms with E-state index >= 15 is 0 Å². The molecule has 0 saturated heterocycles. The molecule has 0 spiro atoms. The number of aryl methyl sites for hydroxylation is 2. The molecule has 0 radical (unpaired) electrons. The van der Waals surface area contributed by atoms with E-state index in [-0.39, 0.29) is 22.9 Å². The van der Waals surface area contributed by atoms with Gasteiger partial charge in [0.25, 0.3) is 0 Å². The predicted octanol–water partition coefficient (Wildman–Crippen LogP) is 5.41. The number of carbonyl (C=O) groups is 2. The Hall–Kier alpha value is -4.06. The molecular formula is C27H24O6. The molecule has 3 aromatic rings. The van der Waals surface area contributed by atoms with E-state index in [4.69, 9.17) is 18.9 Å². The van der Waals surface area contributed by atoms with Gasteiger partial charge >= 0.3 is 5.97 Å². The van der Waals surface area contributed by atoms with Gasteiger partial charge in [0.05, 0.1) is 25.3 Å². The first-order chi connectivity index (χ1) is 15.9. The molecule has 33 heavy (non-hydrogen) atoms. The molecule has 0 N–H and O–H groups in total. The smallest absolute Gasteiger partial charge is 0.343 e. The van der Waals surface area contributed by atoms with Crippen molar-refractivity contribution in [2.45, 2.75) is 20.3 Å². The number of allylic oxidation sites excluding steroid dienone is 1. The Labute approximate surface area is 192 Å². The van der Waals surface area contributed by atoms with Crippen molar-refractivity contribution in [2.75, 3.05) is 14.2 Å². The molecule has 0 aromatic heterocycles. The summed E-state index contributed by atoms with van der Waals surface area (Å²) in [5.41, 5.74) is 3.50. The van der Waals surface area contributed by atoms with Crippen molar-refractivity contribution in [3.05, 3.63) is 88.2 Å². The normalized spacial score (nSPS) is 13.5. The van der Waals surface area contributed by atoms with E-state index in [1.165, 1.54) is 19.8 Å². The number of hydrogen-bond donors (Lipinski definition) is 0. The van der Waals surface area contributed by atoms with Gasteiger partial charge in [-0.25, -0.2) is 4.79 Å². The lowest BCUT2D eigenvalue weighted by atomic mass is 10.0. The Morgan fingerprint density at radius 3 is 2.21 bits per heavy atom. The lowest BCUT2D eigenvalue weighted by Crippen LogP contribution is -2.09. The molecule has 0 aliphatic carbocycles. The highest BCUT2D eigenvalue weighted by Crippen LogP contribution is 2.38. The molecule has 0 atom stereocenters. The summed E-state index contributed by atoms with van der Waals surface area (Å²) >= 11 is 0. The van der Waals surface area contributed by atoms with Crippen LogP contribution in [0.5, 0.6) is 23.0 Å². The number of rotatable bonds is 6. The van der Waals surface area contributed by atoms with E-state index < -0.39 is 5.97 Å². The van der Waals surface area contributed by atoms with Gasteiger partial charge in [-0.05, 0) is 54.3 Å². The monoisotopic (exact) mass is 444 g/mol. The molecule has 1 heterocycles. The van der Waals surface area contributed by atoms with Crippen LogP contribution in [0.3, 0.4) is 0 Å². The van der Waals surface area contributed by atoms with Crippen molar-refractivity contribution >= 4 is 17.8 Å². The van der Waals surface area contributed by atoms with Gasteiger partial charge in [-0.15, -0.1) is 0 Å². The van der Waals surface area contributed by atoms with Crippen molar-refractivity contribution < 1.29 is 28.5 Å². The highest BCUT2D eigenvalue weighted by atomic mass is 16.5. The van der Waals surface area contributed by atoms with E-state index in [0.29, 0.717) is 28.4 Å². The summed E-state index contributed by atoms with van der Waals surface area (Å²) < 4.78 is 21.8. The topological polar surface area (TPSA) is 71.1 Å². The van der Waals surface area contributed by atoms with Crippen LogP contribution in [0.1, 0.15) is 44.3 Å². The van der Waals surface area contributed by atoms with Crippen molar-refractivity contribution in [2.24, 2.45) is 0 Å². The zero-order valence-electron chi connectivity index (χ0n) is 18.9. The third-order valence-electron chi connectivity index (χ3n) is 5.43. The highest BCUT2D eigenvalue weighted by Gasteiger charge is 2.30. The van der Waals surface area contributed by atoms with Crippen molar-refractivity contribution in [3.8, 4) is 23.0 Å².